The van der Waals surface area contributed by atoms with Crippen LogP contribution in [0.3, 0.4) is 0 Å². The molecule has 1 aromatic carbocycles. The number of rotatable bonds is 3. The Morgan fingerprint density at radius 2 is 1.79 bits per heavy atom. The Kier molecular flexibility index (Phi) is 5.65. The van der Waals surface area contributed by atoms with Crippen LogP contribution >= 0.6 is 23.2 Å². The summed E-state index contributed by atoms with van der Waals surface area (Å²) in [5.74, 6) is 4.24. The van der Waals surface area contributed by atoms with Crippen LogP contribution in [0.1, 0.15) is 11.3 Å². The van der Waals surface area contributed by atoms with E-state index in [0.29, 0.717) is 5.56 Å². The molecule has 0 saturated carbocycles. The quantitative estimate of drug-likeness (QED) is 0.608. The molecule has 28 heavy (non-hydrogen) atoms. The number of anilines is 2. The summed E-state index contributed by atoms with van der Waals surface area (Å²) in [5, 5.41) is 0.104. The number of sulfonamides is 1. The predicted octanol–water partition coefficient (Wildman–Crippen LogP) is 3.10. The molecule has 142 valence electrons. The highest BCUT2D eigenvalue weighted by atomic mass is 35.5. The van der Waals surface area contributed by atoms with Crippen LogP contribution < -0.4 is 10.5 Å². The van der Waals surface area contributed by atoms with E-state index >= 15 is 0 Å². The number of nitrogens with two attached hydrogens (primary N) is 1. The third kappa shape index (κ3) is 4.48. The molecule has 0 atom stereocenters. The maximum Gasteiger partial charge on any atom is 0.263 e. The Bertz CT molecular complexity index is 1210. The largest absolute Gasteiger partial charge is 0.368 e. The van der Waals surface area contributed by atoms with Crippen molar-refractivity contribution < 1.29 is 12.8 Å². The summed E-state index contributed by atoms with van der Waals surface area (Å²) >= 11 is 11.7. The molecule has 0 spiro atoms. The van der Waals surface area contributed by atoms with Crippen molar-refractivity contribution in [2.75, 3.05) is 10.5 Å². The zero-order valence-corrected chi connectivity index (χ0v) is 16.1. The van der Waals surface area contributed by atoms with Crippen molar-refractivity contribution in [3.8, 4) is 11.8 Å². The van der Waals surface area contributed by atoms with Gasteiger partial charge in [0.2, 0.25) is 5.95 Å². The van der Waals surface area contributed by atoms with E-state index in [0.717, 1.165) is 12.1 Å². The highest BCUT2D eigenvalue weighted by Crippen LogP contribution is 2.27. The summed E-state index contributed by atoms with van der Waals surface area (Å²) in [4.78, 5) is 11.1. The smallest absolute Gasteiger partial charge is 0.263 e. The van der Waals surface area contributed by atoms with Crippen LogP contribution in [0.25, 0.3) is 0 Å². The van der Waals surface area contributed by atoms with Gasteiger partial charge in [-0.05, 0) is 30.2 Å². The Labute approximate surface area is 169 Å². The molecule has 0 aliphatic carbocycles. The van der Waals surface area contributed by atoms with E-state index in [1.807, 2.05) is 0 Å². The van der Waals surface area contributed by atoms with Crippen molar-refractivity contribution >= 4 is 44.9 Å². The summed E-state index contributed by atoms with van der Waals surface area (Å²) in [6.07, 6.45) is 3.94. The molecule has 0 unspecified atom stereocenters. The maximum atomic E-state index is 14.7. The van der Waals surface area contributed by atoms with Gasteiger partial charge >= 0.3 is 0 Å². The second-order valence-corrected chi connectivity index (χ2v) is 7.78. The molecule has 7 nitrogen and oxygen atoms in total. The molecule has 0 bridgehead atoms. The Morgan fingerprint density at radius 3 is 2.50 bits per heavy atom. The average molecular weight is 438 g/mol. The van der Waals surface area contributed by atoms with Crippen molar-refractivity contribution in [2.24, 2.45) is 0 Å². The molecule has 0 aliphatic heterocycles. The first-order chi connectivity index (χ1) is 13.3. The van der Waals surface area contributed by atoms with Crippen LogP contribution in [-0.2, 0) is 10.0 Å². The molecule has 0 amide bonds. The van der Waals surface area contributed by atoms with Crippen LogP contribution in [-0.4, -0.2) is 23.4 Å². The molecule has 2 heterocycles. The minimum absolute atomic E-state index is 0.0604. The topological polar surface area (TPSA) is 111 Å². The standard InChI is InChI=1S/C17H10Cl2FN5O2S/c18-11-2-3-12(19)15(7-11)28(26,27)25-14-5-6-22-13(16(14)20)4-1-10-8-23-17(21)24-9-10/h2-3,5-9H,(H,22,25)(H2,21,23,24). The number of aromatic nitrogens is 3. The number of hydrogen-bond donors (Lipinski definition) is 2. The van der Waals surface area contributed by atoms with Gasteiger partial charge in [0.1, 0.15) is 4.90 Å². The Hall–Kier alpha value is -2.93. The van der Waals surface area contributed by atoms with Gasteiger partial charge in [-0.3, -0.25) is 4.72 Å². The molecule has 0 radical (unpaired) electrons. The van der Waals surface area contributed by atoms with E-state index in [9.17, 15) is 12.8 Å². The molecule has 3 aromatic rings. The van der Waals surface area contributed by atoms with Gasteiger partial charge in [0.05, 0.1) is 16.3 Å². The zero-order valence-electron chi connectivity index (χ0n) is 13.8. The minimum Gasteiger partial charge on any atom is -0.368 e. The van der Waals surface area contributed by atoms with E-state index in [2.05, 4.69) is 31.5 Å². The fourth-order valence-electron chi connectivity index (χ4n) is 2.03. The molecular formula is C17H10Cl2FN5O2S. The van der Waals surface area contributed by atoms with Gasteiger partial charge in [-0.15, -0.1) is 0 Å². The molecule has 2 aromatic heterocycles. The van der Waals surface area contributed by atoms with Crippen molar-refractivity contribution in [1.29, 1.82) is 0 Å². The van der Waals surface area contributed by atoms with Crippen LogP contribution in [0.2, 0.25) is 10.0 Å². The molecule has 0 fully saturated rings. The first-order valence-corrected chi connectivity index (χ1v) is 9.72. The van der Waals surface area contributed by atoms with E-state index < -0.39 is 15.8 Å². The Balaban J connectivity index is 1.93. The van der Waals surface area contributed by atoms with Gasteiger partial charge in [0, 0.05) is 23.6 Å². The molecule has 0 aliphatic rings. The summed E-state index contributed by atoms with van der Waals surface area (Å²) in [6, 6.07) is 5.08. The average Bonchev–Trinajstić information content (AvgIpc) is 2.65. The third-order valence-corrected chi connectivity index (χ3v) is 5.40. The van der Waals surface area contributed by atoms with Gasteiger partial charge in [-0.1, -0.05) is 29.1 Å². The van der Waals surface area contributed by atoms with E-state index in [4.69, 9.17) is 28.9 Å². The maximum absolute atomic E-state index is 14.7. The van der Waals surface area contributed by atoms with Crippen molar-refractivity contribution in [2.45, 2.75) is 4.90 Å². The van der Waals surface area contributed by atoms with Gasteiger partial charge in [-0.2, -0.15) is 0 Å². The summed E-state index contributed by atoms with van der Waals surface area (Å²) in [5.41, 5.74) is 5.15. The van der Waals surface area contributed by atoms with Crippen molar-refractivity contribution in [1.82, 2.24) is 15.0 Å². The van der Waals surface area contributed by atoms with E-state index in [1.165, 1.54) is 30.7 Å². The summed E-state index contributed by atoms with van der Waals surface area (Å²) in [6.45, 7) is 0. The summed E-state index contributed by atoms with van der Waals surface area (Å²) < 4.78 is 41.9. The lowest BCUT2D eigenvalue weighted by Gasteiger charge is -2.11. The number of hydrogen-bond acceptors (Lipinski definition) is 6. The van der Waals surface area contributed by atoms with Crippen LogP contribution in [0, 0.1) is 17.7 Å². The first kappa shape index (κ1) is 19.8. The second-order valence-electron chi connectivity index (χ2n) is 5.28. The molecule has 0 saturated heterocycles. The number of pyridine rings is 1. The third-order valence-electron chi connectivity index (χ3n) is 3.31. The van der Waals surface area contributed by atoms with Crippen LogP contribution in [0.15, 0.2) is 47.8 Å². The van der Waals surface area contributed by atoms with Crippen molar-refractivity contribution in [3.63, 3.8) is 0 Å². The number of nitrogens with one attached hydrogen (secondary N) is 1. The first-order valence-electron chi connectivity index (χ1n) is 7.48. The highest BCUT2D eigenvalue weighted by Gasteiger charge is 2.21. The molecule has 3 rings (SSSR count). The van der Waals surface area contributed by atoms with Gasteiger partial charge in [0.15, 0.2) is 11.5 Å². The van der Waals surface area contributed by atoms with Crippen molar-refractivity contribution in [3.05, 3.63) is 70.0 Å². The molecule has 11 heteroatoms. The number of nitrogens with zero attached hydrogens (tertiary/aromatic N) is 3. The lowest BCUT2D eigenvalue weighted by atomic mass is 10.2. The molecule has 3 N–H and O–H groups in total. The van der Waals surface area contributed by atoms with Crippen LogP contribution in [0.5, 0.6) is 0 Å². The molecular weight excluding hydrogens is 428 g/mol. The number of halogens is 3. The fourth-order valence-corrected chi connectivity index (χ4v) is 3.85. The van der Waals surface area contributed by atoms with E-state index in [-0.39, 0.29) is 32.3 Å². The summed E-state index contributed by atoms with van der Waals surface area (Å²) in [7, 11) is -4.19. The lowest BCUT2D eigenvalue weighted by molar-refractivity contribution is 0.597. The van der Waals surface area contributed by atoms with Gasteiger partial charge in [0.25, 0.3) is 10.0 Å². The SMILES string of the molecule is Nc1ncc(C#Cc2nccc(NS(=O)(=O)c3cc(Cl)ccc3Cl)c2F)cn1. The van der Waals surface area contributed by atoms with Gasteiger partial charge < -0.3 is 5.73 Å². The minimum atomic E-state index is -4.19. The monoisotopic (exact) mass is 437 g/mol. The Morgan fingerprint density at radius 1 is 1.07 bits per heavy atom. The number of benzene rings is 1. The second kappa shape index (κ2) is 7.98. The van der Waals surface area contributed by atoms with Gasteiger partial charge in [-0.25, -0.2) is 27.8 Å². The van der Waals surface area contributed by atoms with E-state index in [1.54, 1.807) is 0 Å². The highest BCUT2D eigenvalue weighted by molar-refractivity contribution is 7.92. The number of nitrogen functional groups attached to an aromatic ring is 1. The zero-order chi connectivity index (χ0) is 20.3. The fraction of sp³-hybridized carbons (Fsp3) is 0. The predicted molar refractivity (Wildman–Crippen MR) is 104 cm³/mol. The lowest BCUT2D eigenvalue weighted by Crippen LogP contribution is -2.15. The van der Waals surface area contributed by atoms with Crippen LogP contribution in [0.4, 0.5) is 16.0 Å². The normalized spacial score (nSPS) is 10.8.